The third-order valence-electron chi connectivity index (χ3n) is 1.92. The summed E-state index contributed by atoms with van der Waals surface area (Å²) in [4.78, 5) is 2.41. The van der Waals surface area contributed by atoms with Gasteiger partial charge in [0.25, 0.3) is 0 Å². The van der Waals surface area contributed by atoms with E-state index in [9.17, 15) is 0 Å². The molecule has 0 spiro atoms. The lowest BCUT2D eigenvalue weighted by Crippen LogP contribution is -2.44. The van der Waals surface area contributed by atoms with Crippen LogP contribution >= 0.6 is 11.8 Å². The second-order valence-corrected chi connectivity index (χ2v) is 5.05. The molecule has 11 heavy (non-hydrogen) atoms. The van der Waals surface area contributed by atoms with E-state index < -0.39 is 0 Å². The minimum absolute atomic E-state index is 0.262. The Kier molecular flexibility index (Phi) is 2.53. The molecular formula is C9H17NS. The summed E-state index contributed by atoms with van der Waals surface area (Å²) in [6, 6.07) is 0. The van der Waals surface area contributed by atoms with E-state index in [0.717, 1.165) is 12.3 Å². The Balaban J connectivity index is 2.62. The van der Waals surface area contributed by atoms with Gasteiger partial charge >= 0.3 is 0 Å². The molecule has 0 N–H and O–H groups in total. The summed E-state index contributed by atoms with van der Waals surface area (Å²) in [6.07, 6.45) is 0. The summed E-state index contributed by atoms with van der Waals surface area (Å²) in [7, 11) is 0. The standard InChI is InChI=1S/C9H17NS/c1-8-7-11-6-5-10(8)9(2,3)4/h1,5-7H2,2-4H3. The van der Waals surface area contributed by atoms with Gasteiger partial charge in [-0.05, 0) is 20.8 Å². The minimum atomic E-state index is 0.262. The monoisotopic (exact) mass is 171 g/mol. The van der Waals surface area contributed by atoms with Crippen molar-refractivity contribution in [1.82, 2.24) is 4.90 Å². The molecule has 0 atom stereocenters. The van der Waals surface area contributed by atoms with E-state index in [1.165, 1.54) is 11.4 Å². The lowest BCUT2D eigenvalue weighted by atomic mass is 10.1. The van der Waals surface area contributed by atoms with E-state index in [2.05, 4.69) is 32.3 Å². The number of rotatable bonds is 0. The zero-order valence-corrected chi connectivity index (χ0v) is 8.50. The van der Waals surface area contributed by atoms with Gasteiger partial charge in [-0.2, -0.15) is 11.8 Å². The van der Waals surface area contributed by atoms with E-state index in [-0.39, 0.29) is 5.54 Å². The zero-order chi connectivity index (χ0) is 8.48. The summed E-state index contributed by atoms with van der Waals surface area (Å²) in [5.74, 6) is 2.35. The van der Waals surface area contributed by atoms with E-state index in [1.807, 2.05) is 11.8 Å². The lowest BCUT2D eigenvalue weighted by Gasteiger charge is -2.41. The molecule has 1 heterocycles. The number of hydrogen-bond acceptors (Lipinski definition) is 2. The smallest absolute Gasteiger partial charge is 0.0329 e. The first-order valence-electron chi connectivity index (χ1n) is 4.05. The van der Waals surface area contributed by atoms with Crippen LogP contribution < -0.4 is 0 Å². The maximum atomic E-state index is 4.07. The van der Waals surface area contributed by atoms with Crippen LogP contribution in [0.2, 0.25) is 0 Å². The molecule has 0 radical (unpaired) electrons. The van der Waals surface area contributed by atoms with Crippen LogP contribution in [0.5, 0.6) is 0 Å². The quantitative estimate of drug-likeness (QED) is 0.550. The number of hydrogen-bond donors (Lipinski definition) is 0. The zero-order valence-electron chi connectivity index (χ0n) is 7.68. The fraction of sp³-hybridized carbons (Fsp3) is 0.778. The van der Waals surface area contributed by atoms with Gasteiger partial charge in [0.2, 0.25) is 0 Å². The summed E-state index contributed by atoms with van der Waals surface area (Å²) in [5, 5.41) is 0. The highest BCUT2D eigenvalue weighted by molar-refractivity contribution is 7.99. The Labute approximate surface area is 73.8 Å². The fourth-order valence-electron chi connectivity index (χ4n) is 1.39. The molecule has 1 saturated heterocycles. The highest BCUT2D eigenvalue weighted by Gasteiger charge is 2.24. The molecule has 0 unspecified atom stereocenters. The van der Waals surface area contributed by atoms with Crippen LogP contribution in [-0.4, -0.2) is 28.5 Å². The molecule has 0 amide bonds. The van der Waals surface area contributed by atoms with Gasteiger partial charge in [0.15, 0.2) is 0 Å². The topological polar surface area (TPSA) is 3.24 Å². The number of nitrogens with zero attached hydrogens (tertiary/aromatic N) is 1. The molecule has 0 aromatic heterocycles. The van der Waals surface area contributed by atoms with Crippen LogP contribution in [0, 0.1) is 0 Å². The van der Waals surface area contributed by atoms with Crippen molar-refractivity contribution in [3.8, 4) is 0 Å². The van der Waals surface area contributed by atoms with Crippen LogP contribution in [0.15, 0.2) is 12.3 Å². The van der Waals surface area contributed by atoms with E-state index in [0.29, 0.717) is 0 Å². The Morgan fingerprint density at radius 1 is 1.45 bits per heavy atom. The predicted octanol–water partition coefficient (Wildman–Crippen LogP) is 2.35. The Morgan fingerprint density at radius 2 is 2.09 bits per heavy atom. The second kappa shape index (κ2) is 3.10. The molecule has 1 aliphatic heterocycles. The Hall–Kier alpha value is -0.110. The van der Waals surface area contributed by atoms with Crippen molar-refractivity contribution in [3.63, 3.8) is 0 Å². The van der Waals surface area contributed by atoms with Crippen molar-refractivity contribution >= 4 is 11.8 Å². The molecule has 0 aliphatic carbocycles. The average Bonchev–Trinajstić information content (AvgIpc) is 1.86. The van der Waals surface area contributed by atoms with Crippen molar-refractivity contribution in [1.29, 1.82) is 0 Å². The SMILES string of the molecule is C=C1CSCCN1C(C)(C)C. The molecule has 0 saturated carbocycles. The fourth-order valence-corrected chi connectivity index (χ4v) is 2.24. The van der Waals surface area contributed by atoms with Crippen LogP contribution in [0.3, 0.4) is 0 Å². The van der Waals surface area contributed by atoms with E-state index in [4.69, 9.17) is 0 Å². The second-order valence-electron chi connectivity index (χ2n) is 3.94. The summed E-state index contributed by atoms with van der Waals surface area (Å²) >= 11 is 1.98. The molecule has 2 heteroatoms. The van der Waals surface area contributed by atoms with E-state index in [1.54, 1.807) is 0 Å². The van der Waals surface area contributed by atoms with Gasteiger partial charge in [0.05, 0.1) is 0 Å². The van der Waals surface area contributed by atoms with Gasteiger partial charge in [-0.25, -0.2) is 0 Å². The van der Waals surface area contributed by atoms with Gasteiger partial charge < -0.3 is 4.90 Å². The molecule has 1 rings (SSSR count). The van der Waals surface area contributed by atoms with E-state index >= 15 is 0 Å². The first-order valence-corrected chi connectivity index (χ1v) is 5.20. The van der Waals surface area contributed by atoms with Crippen LogP contribution in [0.4, 0.5) is 0 Å². The van der Waals surface area contributed by atoms with Gasteiger partial charge in [-0.3, -0.25) is 0 Å². The minimum Gasteiger partial charge on any atom is -0.369 e. The number of thioether (sulfide) groups is 1. The molecule has 1 nitrogen and oxygen atoms in total. The molecule has 0 bridgehead atoms. The van der Waals surface area contributed by atoms with Crippen molar-refractivity contribution in [2.75, 3.05) is 18.1 Å². The van der Waals surface area contributed by atoms with Crippen LogP contribution in [0.25, 0.3) is 0 Å². The predicted molar refractivity (Wildman–Crippen MR) is 52.9 cm³/mol. The van der Waals surface area contributed by atoms with Crippen LogP contribution in [0.1, 0.15) is 20.8 Å². The summed E-state index contributed by atoms with van der Waals surface area (Å²) in [5.41, 5.74) is 1.55. The van der Waals surface area contributed by atoms with Crippen molar-refractivity contribution in [3.05, 3.63) is 12.3 Å². The Bertz CT molecular complexity index is 157. The van der Waals surface area contributed by atoms with Gasteiger partial charge in [-0.15, -0.1) is 0 Å². The van der Waals surface area contributed by atoms with Crippen molar-refractivity contribution in [2.24, 2.45) is 0 Å². The van der Waals surface area contributed by atoms with Gasteiger partial charge in [-0.1, -0.05) is 6.58 Å². The van der Waals surface area contributed by atoms with Crippen LogP contribution in [-0.2, 0) is 0 Å². The highest BCUT2D eigenvalue weighted by atomic mass is 32.2. The normalized spacial score (nSPS) is 20.6. The maximum Gasteiger partial charge on any atom is 0.0329 e. The van der Waals surface area contributed by atoms with Crippen molar-refractivity contribution < 1.29 is 0 Å². The first-order chi connectivity index (χ1) is 5.02. The third kappa shape index (κ3) is 2.16. The molecule has 0 aromatic rings. The third-order valence-corrected chi connectivity index (χ3v) is 2.93. The molecular weight excluding hydrogens is 154 g/mol. The first kappa shape index (κ1) is 8.98. The molecule has 64 valence electrons. The average molecular weight is 171 g/mol. The maximum absolute atomic E-state index is 4.07. The lowest BCUT2D eigenvalue weighted by molar-refractivity contribution is 0.195. The molecule has 1 aliphatic rings. The molecule has 0 aromatic carbocycles. The molecule has 1 fully saturated rings. The van der Waals surface area contributed by atoms with Gasteiger partial charge in [0, 0.05) is 29.3 Å². The Morgan fingerprint density at radius 3 is 2.45 bits per heavy atom. The summed E-state index contributed by atoms with van der Waals surface area (Å²) < 4.78 is 0. The van der Waals surface area contributed by atoms with Gasteiger partial charge in [0.1, 0.15) is 0 Å². The largest absolute Gasteiger partial charge is 0.369 e. The summed E-state index contributed by atoms with van der Waals surface area (Å²) in [6.45, 7) is 12.0. The highest BCUT2D eigenvalue weighted by Crippen LogP contribution is 2.25. The van der Waals surface area contributed by atoms with Crippen molar-refractivity contribution in [2.45, 2.75) is 26.3 Å².